The van der Waals surface area contributed by atoms with Crippen molar-refractivity contribution in [3.05, 3.63) is 51.9 Å². The number of hydrogen-bond donors (Lipinski definition) is 0. The summed E-state index contributed by atoms with van der Waals surface area (Å²) in [5.74, 6) is 3.31. The largest absolute Gasteiger partial charge is 0.469 e. The maximum Gasteiger partial charge on any atom is 0.305 e. The van der Waals surface area contributed by atoms with Gasteiger partial charge in [0.15, 0.2) is 0 Å². The Hall–Kier alpha value is -2.43. The fourth-order valence-electron chi connectivity index (χ4n) is 5.84. The molecular formula is C30H41NO4. The standard InChI is InChI=1S/C30H41NO4/c1-18(2)12-21-14-25(15-21)30-28(22-8-9-22)29(31-35-30)24(10-11-27(33)34-5)17-26(32)16-23-7-6-19(3)13-20(23)4/h6-7,13,18,21-22,24-25H,8-12,14-17H2,1-5H3/t21?,24-,25?/m0/s1. The highest BCUT2D eigenvalue weighted by Crippen LogP contribution is 2.52. The van der Waals surface area contributed by atoms with E-state index in [4.69, 9.17) is 9.26 Å². The van der Waals surface area contributed by atoms with Crippen LogP contribution in [0.3, 0.4) is 0 Å². The number of hydrogen-bond acceptors (Lipinski definition) is 5. The number of carbonyl (C=O) groups excluding carboxylic acids is 2. The molecule has 0 N–H and O–H groups in total. The number of aromatic nitrogens is 1. The van der Waals surface area contributed by atoms with Crippen molar-refractivity contribution in [2.45, 2.75) is 103 Å². The van der Waals surface area contributed by atoms with Crippen LogP contribution in [-0.4, -0.2) is 24.0 Å². The van der Waals surface area contributed by atoms with Gasteiger partial charge in [0.05, 0.1) is 12.8 Å². The van der Waals surface area contributed by atoms with Gasteiger partial charge in [-0.05, 0) is 81.3 Å². The van der Waals surface area contributed by atoms with Gasteiger partial charge in [-0.1, -0.05) is 42.8 Å². The average Bonchev–Trinajstić information content (AvgIpc) is 3.53. The lowest BCUT2D eigenvalue weighted by atomic mass is 9.69. The van der Waals surface area contributed by atoms with Crippen LogP contribution < -0.4 is 0 Å². The number of benzene rings is 1. The zero-order valence-corrected chi connectivity index (χ0v) is 22.1. The molecule has 35 heavy (non-hydrogen) atoms. The Bertz CT molecular complexity index is 1040. The SMILES string of the molecule is COC(=O)CC[C@@H](CC(=O)Cc1ccc(C)cc1C)c1noc(C2CC(CC(C)C)C2)c1C1CC1. The highest BCUT2D eigenvalue weighted by molar-refractivity contribution is 5.82. The van der Waals surface area contributed by atoms with Crippen molar-refractivity contribution in [3.63, 3.8) is 0 Å². The van der Waals surface area contributed by atoms with Crippen molar-refractivity contribution in [1.82, 2.24) is 5.16 Å². The van der Waals surface area contributed by atoms with Crippen LogP contribution >= 0.6 is 0 Å². The second kappa shape index (κ2) is 11.1. The highest BCUT2D eigenvalue weighted by atomic mass is 16.5. The molecule has 1 aromatic heterocycles. The van der Waals surface area contributed by atoms with Gasteiger partial charge in [0, 0.05) is 36.7 Å². The lowest BCUT2D eigenvalue weighted by molar-refractivity contribution is -0.141. The molecule has 5 heteroatoms. The number of esters is 1. The van der Waals surface area contributed by atoms with E-state index in [1.54, 1.807) is 0 Å². The average molecular weight is 480 g/mol. The van der Waals surface area contributed by atoms with Crippen molar-refractivity contribution in [2.24, 2.45) is 11.8 Å². The van der Waals surface area contributed by atoms with E-state index in [1.165, 1.54) is 37.5 Å². The molecule has 0 bridgehead atoms. The predicted molar refractivity (Wildman–Crippen MR) is 137 cm³/mol. The third kappa shape index (κ3) is 6.42. The van der Waals surface area contributed by atoms with E-state index in [0.717, 1.165) is 47.3 Å². The van der Waals surface area contributed by atoms with Gasteiger partial charge in [-0.25, -0.2) is 0 Å². The summed E-state index contributed by atoms with van der Waals surface area (Å²) in [6, 6.07) is 6.24. The number of nitrogens with zero attached hydrogens (tertiary/aromatic N) is 1. The fraction of sp³-hybridized carbons (Fsp3) is 0.633. The van der Waals surface area contributed by atoms with E-state index in [2.05, 4.69) is 51.1 Å². The Labute approximate surface area is 210 Å². The molecule has 4 rings (SSSR count). The molecule has 2 saturated carbocycles. The molecule has 2 aliphatic carbocycles. The Morgan fingerprint density at radius 1 is 1.14 bits per heavy atom. The van der Waals surface area contributed by atoms with Crippen molar-refractivity contribution >= 4 is 11.8 Å². The molecular weight excluding hydrogens is 438 g/mol. The summed E-state index contributed by atoms with van der Waals surface area (Å²) in [5.41, 5.74) is 5.60. The molecule has 2 aliphatic rings. The number of ether oxygens (including phenoxy) is 1. The third-order valence-electron chi connectivity index (χ3n) is 7.85. The van der Waals surface area contributed by atoms with Crippen LogP contribution in [0.2, 0.25) is 0 Å². The molecule has 1 heterocycles. The van der Waals surface area contributed by atoms with E-state index in [-0.39, 0.29) is 24.1 Å². The van der Waals surface area contributed by atoms with Gasteiger partial charge in [0.25, 0.3) is 0 Å². The van der Waals surface area contributed by atoms with Gasteiger partial charge >= 0.3 is 5.97 Å². The van der Waals surface area contributed by atoms with Gasteiger partial charge in [0.1, 0.15) is 11.5 Å². The Balaban J connectivity index is 1.52. The van der Waals surface area contributed by atoms with Crippen LogP contribution in [-0.2, 0) is 20.7 Å². The van der Waals surface area contributed by atoms with Crippen molar-refractivity contribution in [2.75, 3.05) is 7.11 Å². The first-order chi connectivity index (χ1) is 16.7. The van der Waals surface area contributed by atoms with Crippen LogP contribution in [0.5, 0.6) is 0 Å². The summed E-state index contributed by atoms with van der Waals surface area (Å²) in [4.78, 5) is 25.2. The van der Waals surface area contributed by atoms with Gasteiger partial charge in [-0.2, -0.15) is 0 Å². The van der Waals surface area contributed by atoms with Gasteiger partial charge in [-0.15, -0.1) is 0 Å². The van der Waals surface area contributed by atoms with E-state index < -0.39 is 0 Å². The van der Waals surface area contributed by atoms with Crippen molar-refractivity contribution < 1.29 is 18.8 Å². The van der Waals surface area contributed by atoms with Crippen LogP contribution in [0.15, 0.2) is 22.7 Å². The first kappa shape index (κ1) is 25.7. The number of carbonyl (C=O) groups is 2. The molecule has 0 unspecified atom stereocenters. The van der Waals surface area contributed by atoms with Crippen LogP contribution in [0.4, 0.5) is 0 Å². The zero-order chi connectivity index (χ0) is 25.1. The molecule has 1 atom stereocenters. The van der Waals surface area contributed by atoms with Crippen LogP contribution in [0.25, 0.3) is 0 Å². The first-order valence-electron chi connectivity index (χ1n) is 13.4. The quantitative estimate of drug-likeness (QED) is 0.308. The monoisotopic (exact) mass is 479 g/mol. The second-order valence-electron chi connectivity index (χ2n) is 11.4. The number of rotatable bonds is 12. The van der Waals surface area contributed by atoms with Gasteiger partial charge in [0.2, 0.25) is 0 Å². The third-order valence-corrected chi connectivity index (χ3v) is 7.85. The molecule has 2 fully saturated rings. The van der Waals surface area contributed by atoms with Crippen molar-refractivity contribution in [1.29, 1.82) is 0 Å². The molecule has 0 spiro atoms. The highest BCUT2D eigenvalue weighted by Gasteiger charge is 2.41. The topological polar surface area (TPSA) is 69.4 Å². The summed E-state index contributed by atoms with van der Waals surface area (Å²) in [7, 11) is 1.41. The summed E-state index contributed by atoms with van der Waals surface area (Å²) < 4.78 is 10.9. The van der Waals surface area contributed by atoms with Gasteiger partial charge < -0.3 is 9.26 Å². The van der Waals surface area contributed by atoms with E-state index >= 15 is 0 Å². The zero-order valence-electron chi connectivity index (χ0n) is 22.1. The van der Waals surface area contributed by atoms with Crippen LogP contribution in [0.1, 0.15) is 117 Å². The van der Waals surface area contributed by atoms with E-state index in [0.29, 0.717) is 31.1 Å². The molecule has 0 radical (unpaired) electrons. The lowest BCUT2D eigenvalue weighted by Crippen LogP contribution is -2.23. The summed E-state index contributed by atoms with van der Waals surface area (Å²) in [6.07, 6.45) is 7.54. The first-order valence-corrected chi connectivity index (χ1v) is 13.4. The number of ketones is 1. The summed E-state index contributed by atoms with van der Waals surface area (Å²) in [6.45, 7) is 8.70. The number of aryl methyl sites for hydroxylation is 2. The molecule has 0 saturated heterocycles. The van der Waals surface area contributed by atoms with Gasteiger partial charge in [-0.3, -0.25) is 9.59 Å². The fourth-order valence-corrected chi connectivity index (χ4v) is 5.84. The lowest BCUT2D eigenvalue weighted by Gasteiger charge is -2.35. The minimum atomic E-state index is -0.246. The maximum atomic E-state index is 13.2. The number of methoxy groups -OCH3 is 1. The second-order valence-corrected chi connectivity index (χ2v) is 11.4. The minimum Gasteiger partial charge on any atom is -0.469 e. The Morgan fingerprint density at radius 2 is 1.89 bits per heavy atom. The number of Topliss-reactive ketones (excluding diaryl/α,β-unsaturated/α-hetero) is 1. The smallest absolute Gasteiger partial charge is 0.305 e. The Morgan fingerprint density at radius 3 is 2.51 bits per heavy atom. The molecule has 2 aromatic rings. The Kier molecular flexibility index (Phi) is 8.13. The van der Waals surface area contributed by atoms with E-state index in [9.17, 15) is 9.59 Å². The van der Waals surface area contributed by atoms with Crippen LogP contribution in [0, 0.1) is 25.7 Å². The molecule has 190 valence electrons. The molecule has 5 nitrogen and oxygen atoms in total. The maximum absolute atomic E-state index is 13.2. The molecule has 0 amide bonds. The molecule has 0 aliphatic heterocycles. The summed E-state index contributed by atoms with van der Waals surface area (Å²) in [5, 5.41) is 4.58. The molecule has 1 aromatic carbocycles. The summed E-state index contributed by atoms with van der Waals surface area (Å²) >= 11 is 0. The predicted octanol–water partition coefficient (Wildman–Crippen LogP) is 6.95. The van der Waals surface area contributed by atoms with E-state index in [1.807, 2.05) is 0 Å². The minimum absolute atomic E-state index is 0.119. The normalized spacial score (nSPS) is 20.5. The van der Waals surface area contributed by atoms with Crippen molar-refractivity contribution in [3.8, 4) is 0 Å².